The van der Waals surface area contributed by atoms with Gasteiger partial charge >= 0.3 is 24.0 Å². The number of rotatable bonds is 4. The third-order valence-electron chi connectivity index (χ3n) is 3.23. The van der Waals surface area contributed by atoms with Crippen molar-refractivity contribution in [1.29, 1.82) is 0 Å². The minimum Gasteiger partial charge on any atom is -0.325 e. The predicted molar refractivity (Wildman–Crippen MR) is 74.6 cm³/mol. The van der Waals surface area contributed by atoms with Gasteiger partial charge in [-0.25, -0.2) is 9.69 Å². The van der Waals surface area contributed by atoms with Gasteiger partial charge in [-0.1, -0.05) is 6.07 Å². The predicted octanol–water partition coefficient (Wildman–Crippen LogP) is 1.45. The lowest BCUT2D eigenvalue weighted by Crippen LogP contribution is -2.39. The van der Waals surface area contributed by atoms with Crippen molar-refractivity contribution in [1.82, 2.24) is 9.80 Å². The number of amides is 5. The Kier molecular flexibility index (Phi) is 4.58. The van der Waals surface area contributed by atoms with E-state index in [2.05, 4.69) is 5.32 Å². The van der Waals surface area contributed by atoms with Crippen molar-refractivity contribution in [2.45, 2.75) is 13.1 Å². The van der Waals surface area contributed by atoms with Crippen molar-refractivity contribution in [3.63, 3.8) is 0 Å². The van der Waals surface area contributed by atoms with Crippen molar-refractivity contribution in [3.8, 4) is 0 Å². The summed E-state index contributed by atoms with van der Waals surface area (Å²) in [5.74, 6) is -3.10. The Hall–Kier alpha value is -2.91. The molecule has 2 rings (SSSR count). The molecule has 1 aromatic carbocycles. The molecule has 0 bridgehead atoms. The van der Waals surface area contributed by atoms with E-state index in [1.165, 1.54) is 13.0 Å². The maximum atomic E-state index is 12.6. The SMILES string of the molecule is CCN1C(=O)C(=O)N(CC(=O)Nc2cccc(C(F)(F)F)c2)C1=O. The zero-order valence-corrected chi connectivity index (χ0v) is 12.4. The number of anilines is 1. The summed E-state index contributed by atoms with van der Waals surface area (Å²) in [5, 5.41) is 2.16. The van der Waals surface area contributed by atoms with Crippen LogP contribution >= 0.6 is 0 Å². The smallest absolute Gasteiger partial charge is 0.325 e. The van der Waals surface area contributed by atoms with Crippen LogP contribution in [0.3, 0.4) is 0 Å². The van der Waals surface area contributed by atoms with Crippen LogP contribution < -0.4 is 5.32 Å². The van der Waals surface area contributed by atoms with E-state index in [0.29, 0.717) is 9.80 Å². The summed E-state index contributed by atoms with van der Waals surface area (Å²) in [5.41, 5.74) is -1.10. The lowest BCUT2D eigenvalue weighted by atomic mass is 10.2. The number of hydrogen-bond donors (Lipinski definition) is 1. The third kappa shape index (κ3) is 3.36. The maximum Gasteiger partial charge on any atom is 0.416 e. The van der Waals surface area contributed by atoms with Crippen LogP contribution in [-0.4, -0.2) is 46.6 Å². The molecule has 10 heteroatoms. The summed E-state index contributed by atoms with van der Waals surface area (Å²) in [7, 11) is 0. The van der Waals surface area contributed by atoms with E-state index in [4.69, 9.17) is 0 Å². The quantitative estimate of drug-likeness (QED) is 0.662. The van der Waals surface area contributed by atoms with Gasteiger partial charge in [-0.2, -0.15) is 13.2 Å². The topological polar surface area (TPSA) is 86.8 Å². The molecule has 1 aliphatic rings. The number of likely N-dealkylation sites (N-methyl/N-ethyl adjacent to an activating group) is 1. The fourth-order valence-corrected chi connectivity index (χ4v) is 2.09. The number of carbonyl (C=O) groups is 4. The van der Waals surface area contributed by atoms with Crippen LogP contribution in [0.5, 0.6) is 0 Å². The van der Waals surface area contributed by atoms with E-state index in [-0.39, 0.29) is 12.2 Å². The number of nitrogens with one attached hydrogen (secondary N) is 1. The molecule has 0 radical (unpaired) electrons. The molecule has 24 heavy (non-hydrogen) atoms. The maximum absolute atomic E-state index is 12.6. The molecular weight excluding hydrogens is 331 g/mol. The monoisotopic (exact) mass is 343 g/mol. The number of imide groups is 2. The molecule has 0 aromatic heterocycles. The van der Waals surface area contributed by atoms with E-state index < -0.39 is 42.0 Å². The van der Waals surface area contributed by atoms with Crippen molar-refractivity contribution in [2.75, 3.05) is 18.4 Å². The van der Waals surface area contributed by atoms with Crippen LogP contribution in [0.4, 0.5) is 23.7 Å². The number of halogens is 3. The largest absolute Gasteiger partial charge is 0.416 e. The van der Waals surface area contributed by atoms with Gasteiger partial charge in [0, 0.05) is 12.2 Å². The van der Waals surface area contributed by atoms with Gasteiger partial charge in [0.25, 0.3) is 0 Å². The van der Waals surface area contributed by atoms with Crippen LogP contribution in [0.2, 0.25) is 0 Å². The minimum absolute atomic E-state index is 0.0326. The summed E-state index contributed by atoms with van der Waals surface area (Å²) in [6.45, 7) is 0.681. The molecule has 1 aliphatic heterocycles. The number of urea groups is 1. The Morgan fingerprint density at radius 2 is 1.75 bits per heavy atom. The molecule has 0 aliphatic carbocycles. The molecule has 1 N–H and O–H groups in total. The zero-order chi connectivity index (χ0) is 18.1. The summed E-state index contributed by atoms with van der Waals surface area (Å²) < 4.78 is 37.8. The van der Waals surface area contributed by atoms with Gasteiger partial charge in [0.2, 0.25) is 5.91 Å². The second-order valence-electron chi connectivity index (χ2n) is 4.85. The van der Waals surface area contributed by atoms with Gasteiger partial charge < -0.3 is 5.32 Å². The molecule has 5 amide bonds. The Morgan fingerprint density at radius 3 is 2.29 bits per heavy atom. The van der Waals surface area contributed by atoms with Crippen molar-refractivity contribution in [2.24, 2.45) is 0 Å². The van der Waals surface area contributed by atoms with Gasteiger partial charge in [0.15, 0.2) is 0 Å². The Balaban J connectivity index is 2.08. The molecule has 0 saturated carbocycles. The second-order valence-corrected chi connectivity index (χ2v) is 4.85. The normalized spacial score (nSPS) is 15.2. The number of alkyl halides is 3. The zero-order valence-electron chi connectivity index (χ0n) is 12.4. The van der Waals surface area contributed by atoms with E-state index >= 15 is 0 Å². The Morgan fingerprint density at radius 1 is 1.12 bits per heavy atom. The highest BCUT2D eigenvalue weighted by Crippen LogP contribution is 2.30. The third-order valence-corrected chi connectivity index (χ3v) is 3.23. The first-order valence-electron chi connectivity index (χ1n) is 6.79. The van der Waals surface area contributed by atoms with E-state index in [1.54, 1.807) is 0 Å². The van der Waals surface area contributed by atoms with Crippen LogP contribution in [0, 0.1) is 0 Å². The molecule has 1 aromatic rings. The Labute approximate surface area is 134 Å². The second kappa shape index (κ2) is 6.30. The molecule has 0 spiro atoms. The molecule has 1 fully saturated rings. The fourth-order valence-electron chi connectivity index (χ4n) is 2.09. The number of hydrogen-bond acceptors (Lipinski definition) is 4. The first kappa shape index (κ1) is 17.4. The fraction of sp³-hybridized carbons (Fsp3) is 0.286. The van der Waals surface area contributed by atoms with Crippen molar-refractivity contribution < 1.29 is 32.3 Å². The van der Waals surface area contributed by atoms with Crippen LogP contribution in [0.1, 0.15) is 12.5 Å². The number of carbonyl (C=O) groups excluding carboxylic acids is 4. The highest BCUT2D eigenvalue weighted by molar-refractivity contribution is 6.45. The first-order chi connectivity index (χ1) is 11.1. The molecule has 7 nitrogen and oxygen atoms in total. The standard InChI is InChI=1S/C14H12F3N3O4/c1-2-19-11(22)12(23)20(13(19)24)7-10(21)18-9-5-3-4-8(6-9)14(15,16)17/h3-6H,2,7H2,1H3,(H,18,21). The highest BCUT2D eigenvalue weighted by atomic mass is 19.4. The van der Waals surface area contributed by atoms with Gasteiger partial charge in [0.1, 0.15) is 6.54 Å². The highest BCUT2D eigenvalue weighted by Gasteiger charge is 2.44. The first-order valence-corrected chi connectivity index (χ1v) is 6.79. The lowest BCUT2D eigenvalue weighted by molar-refractivity contribution is -0.143. The van der Waals surface area contributed by atoms with Gasteiger partial charge in [-0.15, -0.1) is 0 Å². The molecule has 0 atom stereocenters. The van der Waals surface area contributed by atoms with E-state index in [1.807, 2.05) is 0 Å². The summed E-state index contributed by atoms with van der Waals surface area (Å²) >= 11 is 0. The van der Waals surface area contributed by atoms with Gasteiger partial charge in [-0.05, 0) is 25.1 Å². The van der Waals surface area contributed by atoms with Crippen molar-refractivity contribution in [3.05, 3.63) is 29.8 Å². The molecule has 128 valence electrons. The minimum atomic E-state index is -4.57. The van der Waals surface area contributed by atoms with Gasteiger partial charge in [-0.3, -0.25) is 19.3 Å². The lowest BCUT2D eigenvalue weighted by Gasteiger charge is -2.14. The Bertz CT molecular complexity index is 717. The average molecular weight is 343 g/mol. The molecule has 1 saturated heterocycles. The molecular formula is C14H12F3N3O4. The van der Waals surface area contributed by atoms with Crippen molar-refractivity contribution >= 4 is 29.4 Å². The number of benzene rings is 1. The summed E-state index contributed by atoms with van der Waals surface area (Å²) in [4.78, 5) is 47.9. The molecule has 1 heterocycles. The average Bonchev–Trinajstić information content (AvgIpc) is 2.70. The van der Waals surface area contributed by atoms with Gasteiger partial charge in [0.05, 0.1) is 5.56 Å². The van der Waals surface area contributed by atoms with E-state index in [0.717, 1.165) is 18.2 Å². The van der Waals surface area contributed by atoms with Crippen LogP contribution in [0.25, 0.3) is 0 Å². The number of nitrogens with zero attached hydrogens (tertiary/aromatic N) is 2. The van der Waals surface area contributed by atoms with Crippen LogP contribution in [0.15, 0.2) is 24.3 Å². The van der Waals surface area contributed by atoms with E-state index in [9.17, 15) is 32.3 Å². The van der Waals surface area contributed by atoms with Crippen LogP contribution in [-0.2, 0) is 20.6 Å². The summed E-state index contributed by atoms with van der Waals surface area (Å²) in [6, 6.07) is 2.94. The molecule has 0 unspecified atom stereocenters. The summed E-state index contributed by atoms with van der Waals surface area (Å²) in [6.07, 6.45) is -4.57.